The number of aliphatic hydroxyl groups is 1. The first-order chi connectivity index (χ1) is 19.9. The van der Waals surface area contributed by atoms with Crippen LogP contribution in [0.15, 0.2) is 43.1 Å². The topological polar surface area (TPSA) is 159 Å². The third kappa shape index (κ3) is 4.58. The molecule has 0 spiro atoms. The minimum atomic E-state index is -1.06. The molecule has 7 rings (SSSR count). The summed E-state index contributed by atoms with van der Waals surface area (Å²) >= 11 is 0. The Hall–Kier alpha value is -4.76. The molecule has 1 aromatic carbocycles. The molecule has 5 aromatic rings. The maximum Gasteiger partial charge on any atom is 0.273 e. The lowest BCUT2D eigenvalue weighted by Crippen LogP contribution is -2.46. The molecule has 2 fully saturated rings. The molecule has 41 heavy (non-hydrogen) atoms. The summed E-state index contributed by atoms with van der Waals surface area (Å²) in [6.07, 6.45) is 9.03. The van der Waals surface area contributed by atoms with Gasteiger partial charge in [-0.05, 0) is 52.9 Å². The Morgan fingerprint density at radius 3 is 2.80 bits per heavy atom. The van der Waals surface area contributed by atoms with Crippen molar-refractivity contribution >= 4 is 11.6 Å². The summed E-state index contributed by atoms with van der Waals surface area (Å²) in [5, 5.41) is 32.8. The molecule has 4 aromatic heterocycles. The molecular weight excluding hydrogens is 535 g/mol. The van der Waals surface area contributed by atoms with E-state index in [1.165, 1.54) is 40.6 Å². The number of halogens is 1. The Kier molecular flexibility index (Phi) is 5.97. The minimum Gasteiger partial charge on any atom is -0.494 e. The molecule has 1 amide bonds. The van der Waals surface area contributed by atoms with Crippen molar-refractivity contribution in [1.29, 1.82) is 0 Å². The number of benzene rings is 1. The normalized spacial score (nSPS) is 16.1. The Bertz CT molecular complexity index is 1760. The SMILES string of the molecule is COc1ccc(-n2cnnn2)c(CNC(=O)c2cn(Cc3cn4cc(C5CC5)cc(C5(O)COC5)c4n3)nn2)c1F. The second-order valence-corrected chi connectivity index (χ2v) is 10.3. The van der Waals surface area contributed by atoms with E-state index in [9.17, 15) is 9.90 Å². The van der Waals surface area contributed by atoms with Gasteiger partial charge >= 0.3 is 0 Å². The van der Waals surface area contributed by atoms with E-state index in [1.54, 1.807) is 6.07 Å². The molecule has 1 saturated heterocycles. The summed E-state index contributed by atoms with van der Waals surface area (Å²) < 4.78 is 30.2. The van der Waals surface area contributed by atoms with Gasteiger partial charge in [-0.2, -0.15) is 0 Å². The van der Waals surface area contributed by atoms with Crippen LogP contribution < -0.4 is 10.1 Å². The largest absolute Gasteiger partial charge is 0.494 e. The summed E-state index contributed by atoms with van der Waals surface area (Å²) in [5.41, 5.74) is 2.76. The molecule has 1 saturated carbocycles. The van der Waals surface area contributed by atoms with Gasteiger partial charge in [0.2, 0.25) is 0 Å². The molecule has 0 atom stereocenters. The number of hydrogen-bond donors (Lipinski definition) is 2. The van der Waals surface area contributed by atoms with E-state index >= 15 is 4.39 Å². The maximum atomic E-state index is 15.1. The van der Waals surface area contributed by atoms with Gasteiger partial charge in [0.05, 0.1) is 44.4 Å². The number of carbonyl (C=O) groups is 1. The van der Waals surface area contributed by atoms with Gasteiger partial charge in [-0.3, -0.25) is 4.79 Å². The monoisotopic (exact) mass is 560 g/mol. The number of imidazole rings is 1. The Morgan fingerprint density at radius 1 is 1.24 bits per heavy atom. The van der Waals surface area contributed by atoms with Gasteiger partial charge in [0.15, 0.2) is 17.3 Å². The van der Waals surface area contributed by atoms with Crippen molar-refractivity contribution in [2.75, 3.05) is 20.3 Å². The molecule has 2 aliphatic rings. The number of aromatic nitrogens is 9. The lowest BCUT2D eigenvalue weighted by molar-refractivity contribution is -0.184. The third-order valence-corrected chi connectivity index (χ3v) is 7.37. The quantitative estimate of drug-likeness (QED) is 0.267. The standard InChI is InChI=1S/C26H25FN10O4/c1-40-22-5-4-21(37-14-29-32-34-37)18(23(22)27)7-28-25(38)20-11-36(33-31-20)10-17-9-35-8-16(15-2-3-15)6-19(24(35)30-17)26(39)12-41-13-26/h4-6,8-9,11,14-15,39H,2-3,7,10,12-13H2,1H3,(H,28,38). The Balaban J connectivity index is 1.09. The van der Waals surface area contributed by atoms with Crippen molar-refractivity contribution in [3.8, 4) is 11.4 Å². The van der Waals surface area contributed by atoms with Crippen LogP contribution in [0.5, 0.6) is 5.75 Å². The number of hydrogen-bond acceptors (Lipinski definition) is 10. The average molecular weight is 561 g/mol. The number of rotatable bonds is 9. The molecule has 210 valence electrons. The smallest absolute Gasteiger partial charge is 0.273 e. The Morgan fingerprint density at radius 2 is 2.10 bits per heavy atom. The van der Waals surface area contributed by atoms with E-state index in [0.717, 1.165) is 18.4 Å². The van der Waals surface area contributed by atoms with Crippen LogP contribution >= 0.6 is 0 Å². The van der Waals surface area contributed by atoms with E-state index in [0.29, 0.717) is 22.9 Å². The van der Waals surface area contributed by atoms with Crippen LogP contribution in [0.25, 0.3) is 11.3 Å². The van der Waals surface area contributed by atoms with Gasteiger partial charge < -0.3 is 24.3 Å². The number of methoxy groups -OCH3 is 1. The van der Waals surface area contributed by atoms with E-state index in [4.69, 9.17) is 14.5 Å². The van der Waals surface area contributed by atoms with Crippen LogP contribution in [0.1, 0.15) is 51.6 Å². The molecule has 2 N–H and O–H groups in total. The van der Waals surface area contributed by atoms with E-state index in [1.807, 2.05) is 16.7 Å². The van der Waals surface area contributed by atoms with Gasteiger partial charge in [0.25, 0.3) is 5.91 Å². The van der Waals surface area contributed by atoms with Gasteiger partial charge in [0.1, 0.15) is 17.6 Å². The second-order valence-electron chi connectivity index (χ2n) is 10.3. The first-order valence-corrected chi connectivity index (χ1v) is 13.0. The number of amides is 1. The number of nitrogens with one attached hydrogen (secondary N) is 1. The second kappa shape index (κ2) is 9.71. The van der Waals surface area contributed by atoms with Gasteiger partial charge in [-0.1, -0.05) is 5.21 Å². The highest BCUT2D eigenvalue weighted by molar-refractivity contribution is 5.91. The van der Waals surface area contributed by atoms with Gasteiger partial charge in [-0.25, -0.2) is 18.7 Å². The van der Waals surface area contributed by atoms with Crippen LogP contribution in [0, 0.1) is 5.82 Å². The predicted octanol–water partition coefficient (Wildman–Crippen LogP) is 1.12. The summed E-state index contributed by atoms with van der Waals surface area (Å²) in [6, 6.07) is 5.10. The highest BCUT2D eigenvalue weighted by Crippen LogP contribution is 2.42. The Labute approximate surface area is 231 Å². The van der Waals surface area contributed by atoms with E-state index < -0.39 is 17.3 Å². The van der Waals surface area contributed by atoms with Gasteiger partial charge in [0, 0.05) is 30.1 Å². The van der Waals surface area contributed by atoms with Crippen LogP contribution in [0.4, 0.5) is 4.39 Å². The highest BCUT2D eigenvalue weighted by atomic mass is 19.1. The van der Waals surface area contributed by atoms with Crippen LogP contribution in [-0.4, -0.2) is 75.9 Å². The number of tetrazole rings is 1. The van der Waals surface area contributed by atoms with Crippen LogP contribution in [0.3, 0.4) is 0 Å². The molecule has 15 heteroatoms. The molecular formula is C26H25FN10O4. The molecule has 0 bridgehead atoms. The fourth-order valence-electron chi connectivity index (χ4n) is 4.99. The van der Waals surface area contributed by atoms with Crippen molar-refractivity contribution in [3.63, 3.8) is 0 Å². The minimum absolute atomic E-state index is 0.0221. The number of carbonyl (C=O) groups excluding carboxylic acids is 1. The molecule has 5 heterocycles. The van der Waals surface area contributed by atoms with Crippen molar-refractivity contribution in [2.45, 2.75) is 37.5 Å². The van der Waals surface area contributed by atoms with Crippen molar-refractivity contribution in [2.24, 2.45) is 0 Å². The van der Waals surface area contributed by atoms with Crippen molar-refractivity contribution in [3.05, 3.63) is 77.0 Å². The molecule has 0 radical (unpaired) electrons. The first-order valence-electron chi connectivity index (χ1n) is 13.0. The lowest BCUT2D eigenvalue weighted by Gasteiger charge is -2.37. The number of ether oxygens (including phenoxy) is 2. The summed E-state index contributed by atoms with van der Waals surface area (Å²) in [5.74, 6) is -0.661. The van der Waals surface area contributed by atoms with E-state index in [-0.39, 0.29) is 43.3 Å². The molecule has 0 unspecified atom stereocenters. The average Bonchev–Trinajstić information content (AvgIpc) is 3.30. The summed E-state index contributed by atoms with van der Waals surface area (Å²) in [6.45, 7) is 0.549. The molecule has 1 aliphatic heterocycles. The number of pyridine rings is 1. The molecule has 1 aliphatic carbocycles. The lowest BCUT2D eigenvalue weighted by atomic mass is 9.91. The van der Waals surface area contributed by atoms with E-state index in [2.05, 4.69) is 37.4 Å². The summed E-state index contributed by atoms with van der Waals surface area (Å²) in [7, 11) is 1.36. The fraction of sp³-hybridized carbons (Fsp3) is 0.346. The number of fused-ring (bicyclic) bond motifs is 1. The first kappa shape index (κ1) is 25.2. The zero-order valence-corrected chi connectivity index (χ0v) is 21.9. The molecule has 14 nitrogen and oxygen atoms in total. The van der Waals surface area contributed by atoms with Crippen molar-refractivity contribution < 1.29 is 23.8 Å². The van der Waals surface area contributed by atoms with Crippen molar-refractivity contribution in [1.82, 2.24) is 49.9 Å². The predicted molar refractivity (Wildman–Crippen MR) is 138 cm³/mol. The third-order valence-electron chi connectivity index (χ3n) is 7.37. The zero-order valence-electron chi connectivity index (χ0n) is 21.9. The fourth-order valence-corrected chi connectivity index (χ4v) is 4.99. The van der Waals surface area contributed by atoms with Crippen LogP contribution in [0.2, 0.25) is 0 Å². The van der Waals surface area contributed by atoms with Crippen LogP contribution in [-0.2, 0) is 23.4 Å². The van der Waals surface area contributed by atoms with Gasteiger partial charge in [-0.15, -0.1) is 10.2 Å². The highest BCUT2D eigenvalue weighted by Gasteiger charge is 2.41. The number of nitrogens with zero attached hydrogens (tertiary/aromatic N) is 9. The zero-order chi connectivity index (χ0) is 28.1. The summed E-state index contributed by atoms with van der Waals surface area (Å²) in [4.78, 5) is 17.7. The maximum absolute atomic E-state index is 15.1.